The molecular formula is C13H28N2O2. The second-order valence-corrected chi connectivity index (χ2v) is 5.21. The van der Waals surface area contributed by atoms with Crippen LogP contribution in [0.2, 0.25) is 0 Å². The number of likely N-dealkylation sites (tertiary alicyclic amines) is 1. The molecule has 0 aliphatic carbocycles. The van der Waals surface area contributed by atoms with Gasteiger partial charge in [0.15, 0.2) is 6.29 Å². The lowest BCUT2D eigenvalue weighted by molar-refractivity contribution is -0.128. The van der Waals surface area contributed by atoms with E-state index >= 15 is 0 Å². The van der Waals surface area contributed by atoms with Crippen molar-refractivity contribution in [3.63, 3.8) is 0 Å². The minimum absolute atomic E-state index is 0.0129. The Morgan fingerprint density at radius 3 is 2.06 bits per heavy atom. The summed E-state index contributed by atoms with van der Waals surface area (Å²) in [6, 6.07) is 0. The Labute approximate surface area is 105 Å². The Morgan fingerprint density at radius 2 is 1.65 bits per heavy atom. The maximum absolute atomic E-state index is 5.99. The van der Waals surface area contributed by atoms with Crippen LogP contribution in [0.4, 0.5) is 0 Å². The second kappa shape index (κ2) is 7.31. The first-order valence-corrected chi connectivity index (χ1v) is 6.67. The van der Waals surface area contributed by atoms with Gasteiger partial charge in [0.1, 0.15) is 0 Å². The van der Waals surface area contributed by atoms with E-state index in [0.717, 1.165) is 19.5 Å². The summed E-state index contributed by atoms with van der Waals surface area (Å²) in [4.78, 5) is 2.52. The summed E-state index contributed by atoms with van der Waals surface area (Å²) in [5, 5.41) is 0. The molecule has 4 heteroatoms. The third-order valence-corrected chi connectivity index (χ3v) is 3.94. The standard InChI is InChI=1S/C13H28N2O2/c1-13(11-14,10-12(16-2)17-3)15-8-6-4-5-7-9-15/h12H,4-11,14H2,1-3H3. The minimum atomic E-state index is -0.160. The van der Waals surface area contributed by atoms with E-state index in [0.29, 0.717) is 6.54 Å². The van der Waals surface area contributed by atoms with E-state index < -0.39 is 0 Å². The molecule has 2 N–H and O–H groups in total. The first kappa shape index (κ1) is 14.9. The molecule has 0 spiro atoms. The van der Waals surface area contributed by atoms with Gasteiger partial charge in [0.25, 0.3) is 0 Å². The lowest BCUT2D eigenvalue weighted by atomic mass is 9.94. The lowest BCUT2D eigenvalue weighted by Crippen LogP contribution is -2.54. The summed E-state index contributed by atoms with van der Waals surface area (Å²) >= 11 is 0. The van der Waals surface area contributed by atoms with E-state index in [4.69, 9.17) is 15.2 Å². The molecule has 1 heterocycles. The van der Waals surface area contributed by atoms with Crippen LogP contribution >= 0.6 is 0 Å². The van der Waals surface area contributed by atoms with E-state index in [1.807, 2.05) is 0 Å². The van der Waals surface area contributed by atoms with Crippen LogP contribution in [0, 0.1) is 0 Å². The zero-order chi connectivity index (χ0) is 12.7. The summed E-state index contributed by atoms with van der Waals surface area (Å²) in [6.07, 6.45) is 5.91. The molecule has 1 fully saturated rings. The van der Waals surface area contributed by atoms with E-state index in [1.54, 1.807) is 14.2 Å². The molecule has 1 atom stereocenters. The molecule has 1 aliphatic heterocycles. The first-order chi connectivity index (χ1) is 8.16. The molecule has 0 radical (unpaired) electrons. The second-order valence-electron chi connectivity index (χ2n) is 5.21. The molecule has 1 unspecified atom stereocenters. The maximum Gasteiger partial charge on any atom is 0.158 e. The third kappa shape index (κ3) is 4.21. The molecule has 1 rings (SSSR count). The Morgan fingerprint density at radius 1 is 1.12 bits per heavy atom. The van der Waals surface area contributed by atoms with Crippen molar-refractivity contribution in [3.8, 4) is 0 Å². The van der Waals surface area contributed by atoms with Crippen molar-refractivity contribution in [1.29, 1.82) is 0 Å². The Bertz CT molecular complexity index is 202. The molecule has 0 aromatic rings. The Kier molecular flexibility index (Phi) is 6.41. The molecule has 1 aliphatic rings. The minimum Gasteiger partial charge on any atom is -0.356 e. The van der Waals surface area contributed by atoms with Crippen molar-refractivity contribution in [2.75, 3.05) is 33.9 Å². The Balaban J connectivity index is 2.63. The Hall–Kier alpha value is -0.160. The fraction of sp³-hybridized carbons (Fsp3) is 1.00. The van der Waals surface area contributed by atoms with Gasteiger partial charge in [-0.15, -0.1) is 0 Å². The number of rotatable bonds is 6. The molecular weight excluding hydrogens is 216 g/mol. The molecule has 1 saturated heterocycles. The fourth-order valence-electron chi connectivity index (χ4n) is 2.57. The van der Waals surface area contributed by atoms with Gasteiger partial charge < -0.3 is 15.2 Å². The van der Waals surface area contributed by atoms with Crippen LogP contribution in [0.3, 0.4) is 0 Å². The van der Waals surface area contributed by atoms with Crippen LogP contribution < -0.4 is 5.73 Å². The van der Waals surface area contributed by atoms with E-state index in [1.165, 1.54) is 25.7 Å². The van der Waals surface area contributed by atoms with Gasteiger partial charge in [0, 0.05) is 32.7 Å². The van der Waals surface area contributed by atoms with Crippen molar-refractivity contribution in [1.82, 2.24) is 4.90 Å². The van der Waals surface area contributed by atoms with Crippen molar-refractivity contribution in [2.45, 2.75) is 50.9 Å². The number of nitrogens with two attached hydrogens (primary N) is 1. The van der Waals surface area contributed by atoms with Crippen LogP contribution in [-0.2, 0) is 9.47 Å². The van der Waals surface area contributed by atoms with Gasteiger partial charge in [0.2, 0.25) is 0 Å². The molecule has 0 aromatic heterocycles. The van der Waals surface area contributed by atoms with Crippen LogP contribution in [0.15, 0.2) is 0 Å². The average molecular weight is 244 g/mol. The van der Waals surface area contributed by atoms with Gasteiger partial charge in [-0.2, -0.15) is 0 Å². The average Bonchev–Trinajstić information content (AvgIpc) is 2.65. The normalized spacial score (nSPS) is 22.4. The highest BCUT2D eigenvalue weighted by Gasteiger charge is 2.33. The topological polar surface area (TPSA) is 47.7 Å². The van der Waals surface area contributed by atoms with E-state index in [2.05, 4.69) is 11.8 Å². The summed E-state index contributed by atoms with van der Waals surface area (Å²) in [7, 11) is 3.38. The number of ether oxygens (including phenoxy) is 2. The molecule has 102 valence electrons. The van der Waals surface area contributed by atoms with Crippen LogP contribution in [0.5, 0.6) is 0 Å². The summed E-state index contributed by atoms with van der Waals surface area (Å²) in [6.45, 7) is 5.17. The van der Waals surface area contributed by atoms with Crippen LogP contribution in [0.1, 0.15) is 39.0 Å². The van der Waals surface area contributed by atoms with Crippen LogP contribution in [-0.4, -0.2) is 50.6 Å². The first-order valence-electron chi connectivity index (χ1n) is 6.67. The zero-order valence-corrected chi connectivity index (χ0v) is 11.6. The summed E-state index contributed by atoms with van der Waals surface area (Å²) in [5.74, 6) is 0. The van der Waals surface area contributed by atoms with Gasteiger partial charge >= 0.3 is 0 Å². The van der Waals surface area contributed by atoms with Gasteiger partial charge in [0.05, 0.1) is 0 Å². The highest BCUT2D eigenvalue weighted by Crippen LogP contribution is 2.25. The smallest absolute Gasteiger partial charge is 0.158 e. The lowest BCUT2D eigenvalue weighted by Gasteiger charge is -2.41. The van der Waals surface area contributed by atoms with E-state index in [9.17, 15) is 0 Å². The predicted octanol–water partition coefficient (Wildman–Crippen LogP) is 1.59. The van der Waals surface area contributed by atoms with Crippen molar-refractivity contribution >= 4 is 0 Å². The molecule has 4 nitrogen and oxygen atoms in total. The monoisotopic (exact) mass is 244 g/mol. The van der Waals surface area contributed by atoms with Crippen molar-refractivity contribution in [3.05, 3.63) is 0 Å². The molecule has 0 amide bonds. The van der Waals surface area contributed by atoms with Gasteiger partial charge in [-0.3, -0.25) is 4.90 Å². The van der Waals surface area contributed by atoms with E-state index in [-0.39, 0.29) is 11.8 Å². The quantitative estimate of drug-likeness (QED) is 0.721. The molecule has 0 bridgehead atoms. The highest BCUT2D eigenvalue weighted by atomic mass is 16.7. The zero-order valence-electron chi connectivity index (χ0n) is 11.6. The highest BCUT2D eigenvalue weighted by molar-refractivity contribution is 4.89. The van der Waals surface area contributed by atoms with Crippen LogP contribution in [0.25, 0.3) is 0 Å². The third-order valence-electron chi connectivity index (χ3n) is 3.94. The van der Waals surface area contributed by atoms with Crippen molar-refractivity contribution < 1.29 is 9.47 Å². The molecule has 17 heavy (non-hydrogen) atoms. The summed E-state index contributed by atoms with van der Waals surface area (Å²) in [5.41, 5.74) is 5.98. The van der Waals surface area contributed by atoms with Gasteiger partial charge in [-0.05, 0) is 32.9 Å². The summed E-state index contributed by atoms with van der Waals surface area (Å²) < 4.78 is 10.6. The SMILES string of the molecule is COC(CC(C)(CN)N1CCCCCC1)OC. The number of nitrogens with zero attached hydrogens (tertiary/aromatic N) is 1. The van der Waals surface area contributed by atoms with Gasteiger partial charge in [-0.1, -0.05) is 12.8 Å². The number of methoxy groups -OCH3 is 2. The predicted molar refractivity (Wildman–Crippen MR) is 69.9 cm³/mol. The molecule has 0 aromatic carbocycles. The largest absolute Gasteiger partial charge is 0.356 e. The number of hydrogen-bond acceptors (Lipinski definition) is 4. The maximum atomic E-state index is 5.99. The van der Waals surface area contributed by atoms with Gasteiger partial charge in [-0.25, -0.2) is 0 Å². The van der Waals surface area contributed by atoms with Crippen molar-refractivity contribution in [2.24, 2.45) is 5.73 Å². The number of hydrogen-bond donors (Lipinski definition) is 1. The molecule has 0 saturated carbocycles. The fourth-order valence-corrected chi connectivity index (χ4v) is 2.57.